The Morgan fingerprint density at radius 3 is 2.48 bits per heavy atom. The van der Waals surface area contributed by atoms with Crippen LogP contribution in [0, 0.1) is 5.92 Å². The summed E-state index contributed by atoms with van der Waals surface area (Å²) < 4.78 is 6.10. The van der Waals surface area contributed by atoms with Gasteiger partial charge in [0.25, 0.3) is 0 Å². The molecule has 21 heavy (non-hydrogen) atoms. The summed E-state index contributed by atoms with van der Waals surface area (Å²) in [6.45, 7) is 4.00. The summed E-state index contributed by atoms with van der Waals surface area (Å²) >= 11 is 0. The zero-order chi connectivity index (χ0) is 14.7. The monoisotopic (exact) mass is 286 g/mol. The quantitative estimate of drug-likeness (QED) is 0.661. The van der Waals surface area contributed by atoms with Gasteiger partial charge in [0.15, 0.2) is 0 Å². The van der Waals surface area contributed by atoms with E-state index in [2.05, 4.69) is 18.2 Å². The fraction of sp³-hybridized carbons (Fsp3) is 0.700. The average Bonchev–Trinajstić information content (AvgIpc) is 2.53. The number of aryl methyl sites for hydroxylation is 1. The fourth-order valence-electron chi connectivity index (χ4n) is 4.20. The van der Waals surface area contributed by atoms with Crippen molar-refractivity contribution < 1.29 is 4.74 Å². The molecule has 0 radical (unpaired) electrons. The van der Waals surface area contributed by atoms with Gasteiger partial charge in [0.2, 0.25) is 0 Å². The number of benzene rings is 1. The molecule has 3 aliphatic carbocycles. The highest BCUT2D eigenvalue weighted by molar-refractivity contribution is 5.40. The fourth-order valence-corrected chi connectivity index (χ4v) is 4.20. The smallest absolute Gasteiger partial charge is 0.120 e. The van der Waals surface area contributed by atoms with Crippen molar-refractivity contribution >= 4 is 0 Å². The van der Waals surface area contributed by atoms with E-state index in [0.29, 0.717) is 6.10 Å². The van der Waals surface area contributed by atoms with E-state index >= 15 is 0 Å². The Bertz CT molecular complexity index is 461. The van der Waals surface area contributed by atoms with Gasteiger partial charge in [0.05, 0.1) is 6.10 Å². The van der Waals surface area contributed by atoms with Crippen LogP contribution in [0.4, 0.5) is 0 Å². The van der Waals surface area contributed by atoms with Crippen molar-refractivity contribution in [1.82, 2.24) is 0 Å². The predicted octanol–water partition coefficient (Wildman–Crippen LogP) is 5.86. The summed E-state index contributed by atoms with van der Waals surface area (Å²) in [5, 5.41) is 0. The first-order valence-corrected chi connectivity index (χ1v) is 9.19. The van der Waals surface area contributed by atoms with E-state index in [1.165, 1.54) is 57.8 Å². The molecule has 0 aromatic heterocycles. The Morgan fingerprint density at radius 1 is 0.905 bits per heavy atom. The van der Waals surface area contributed by atoms with Gasteiger partial charge >= 0.3 is 0 Å². The minimum absolute atomic E-state index is 0.504. The average molecular weight is 286 g/mol. The maximum atomic E-state index is 6.10. The molecule has 1 heteroatoms. The van der Waals surface area contributed by atoms with Gasteiger partial charge < -0.3 is 4.74 Å². The molecule has 0 N–H and O–H groups in total. The Kier molecular flexibility index (Phi) is 4.87. The Hall–Kier alpha value is -0.980. The van der Waals surface area contributed by atoms with Gasteiger partial charge in [-0.1, -0.05) is 32.8 Å². The highest BCUT2D eigenvalue weighted by atomic mass is 16.5. The Balaban J connectivity index is 0.000000636. The summed E-state index contributed by atoms with van der Waals surface area (Å²) in [4.78, 5) is 0. The first kappa shape index (κ1) is 14.9. The van der Waals surface area contributed by atoms with Crippen LogP contribution in [0.2, 0.25) is 0 Å². The largest absolute Gasteiger partial charge is 0.490 e. The Labute approximate surface area is 130 Å². The molecule has 2 unspecified atom stereocenters. The van der Waals surface area contributed by atoms with Crippen molar-refractivity contribution in [2.45, 2.75) is 83.7 Å². The van der Waals surface area contributed by atoms with E-state index in [4.69, 9.17) is 4.74 Å². The van der Waals surface area contributed by atoms with E-state index in [-0.39, 0.29) is 0 Å². The van der Waals surface area contributed by atoms with Gasteiger partial charge in [-0.25, -0.2) is 0 Å². The zero-order valence-corrected chi connectivity index (χ0v) is 13.7. The van der Waals surface area contributed by atoms with Gasteiger partial charge in [0, 0.05) is 0 Å². The van der Waals surface area contributed by atoms with Gasteiger partial charge in [0.1, 0.15) is 5.75 Å². The van der Waals surface area contributed by atoms with Crippen LogP contribution >= 0.6 is 0 Å². The van der Waals surface area contributed by atoms with E-state index < -0.39 is 0 Å². The van der Waals surface area contributed by atoms with Crippen molar-refractivity contribution in [3.8, 4) is 5.75 Å². The highest BCUT2D eigenvalue weighted by Crippen LogP contribution is 2.46. The lowest BCUT2D eigenvalue weighted by Gasteiger charge is -2.37. The summed E-state index contributed by atoms with van der Waals surface area (Å²) in [6.07, 6.45) is 12.8. The van der Waals surface area contributed by atoms with Gasteiger partial charge in [-0.2, -0.15) is 0 Å². The van der Waals surface area contributed by atoms with Gasteiger partial charge in [-0.15, -0.1) is 0 Å². The van der Waals surface area contributed by atoms with E-state index in [1.54, 1.807) is 11.1 Å². The molecule has 1 nitrogen and oxygen atoms in total. The highest BCUT2D eigenvalue weighted by Gasteiger charge is 2.32. The molecule has 0 aliphatic heterocycles. The molecule has 3 aliphatic rings. The number of rotatable bonds is 2. The number of ether oxygens (including phenoxy) is 1. The summed E-state index contributed by atoms with van der Waals surface area (Å²) in [6, 6.07) is 6.93. The molecule has 4 rings (SSSR count). The van der Waals surface area contributed by atoms with Crippen molar-refractivity contribution in [3.05, 3.63) is 29.3 Å². The first-order chi connectivity index (χ1) is 10.4. The van der Waals surface area contributed by atoms with Crippen LogP contribution in [0.5, 0.6) is 5.75 Å². The van der Waals surface area contributed by atoms with Crippen LogP contribution in [0.3, 0.4) is 0 Å². The second kappa shape index (κ2) is 6.85. The molecule has 2 fully saturated rings. The molecule has 0 bridgehead atoms. The number of fused-ring (bicyclic) bond motifs is 3. The van der Waals surface area contributed by atoms with Crippen molar-refractivity contribution in [3.63, 3.8) is 0 Å². The van der Waals surface area contributed by atoms with Crippen molar-refractivity contribution in [2.75, 3.05) is 0 Å². The molecule has 116 valence electrons. The lowest BCUT2D eigenvalue weighted by atomic mass is 9.68. The molecule has 0 saturated heterocycles. The van der Waals surface area contributed by atoms with E-state index in [1.807, 2.05) is 13.8 Å². The summed E-state index contributed by atoms with van der Waals surface area (Å²) in [5.74, 6) is 2.93. The number of hydrogen-bond donors (Lipinski definition) is 0. The topological polar surface area (TPSA) is 9.23 Å². The zero-order valence-electron chi connectivity index (χ0n) is 13.7. The molecule has 0 spiro atoms. The standard InChI is InChI=1S/C18H24O.C2H6/c1-2-7-17-13(4-1)8-9-14-10-11-16(12-18(14)17)19-15-5-3-6-15;1-2/h10-13,15,17H,1-9H2;1-2H3. The summed E-state index contributed by atoms with van der Waals surface area (Å²) in [7, 11) is 0. The van der Waals surface area contributed by atoms with Crippen LogP contribution in [0.15, 0.2) is 18.2 Å². The first-order valence-electron chi connectivity index (χ1n) is 9.19. The second-order valence-corrected chi connectivity index (χ2v) is 6.72. The van der Waals surface area contributed by atoms with Gasteiger partial charge in [-0.05, 0) is 80.0 Å². The van der Waals surface area contributed by atoms with Crippen LogP contribution < -0.4 is 4.74 Å². The summed E-state index contributed by atoms with van der Waals surface area (Å²) in [5.41, 5.74) is 3.23. The lowest BCUT2D eigenvalue weighted by molar-refractivity contribution is 0.120. The minimum Gasteiger partial charge on any atom is -0.490 e. The Morgan fingerprint density at radius 2 is 1.71 bits per heavy atom. The third-order valence-corrected chi connectivity index (χ3v) is 5.57. The maximum Gasteiger partial charge on any atom is 0.120 e. The van der Waals surface area contributed by atoms with E-state index in [0.717, 1.165) is 17.6 Å². The van der Waals surface area contributed by atoms with Crippen molar-refractivity contribution in [2.24, 2.45) is 5.92 Å². The predicted molar refractivity (Wildman–Crippen MR) is 89.1 cm³/mol. The maximum absolute atomic E-state index is 6.10. The van der Waals surface area contributed by atoms with Gasteiger partial charge in [-0.3, -0.25) is 0 Å². The third-order valence-electron chi connectivity index (χ3n) is 5.57. The molecule has 2 saturated carbocycles. The van der Waals surface area contributed by atoms with Crippen LogP contribution in [0.1, 0.15) is 82.3 Å². The molecular formula is C20H30O. The molecule has 1 aromatic carbocycles. The molecular weight excluding hydrogens is 256 g/mol. The number of hydrogen-bond acceptors (Lipinski definition) is 1. The molecule has 2 atom stereocenters. The SMILES string of the molecule is CC.c1cc2c(cc1OC1CCC1)C1CCCCC1CC2. The lowest BCUT2D eigenvalue weighted by Crippen LogP contribution is -2.26. The van der Waals surface area contributed by atoms with Crippen molar-refractivity contribution in [1.29, 1.82) is 0 Å². The molecule has 0 heterocycles. The van der Waals surface area contributed by atoms with Crippen LogP contribution in [-0.4, -0.2) is 6.10 Å². The second-order valence-electron chi connectivity index (χ2n) is 6.72. The van der Waals surface area contributed by atoms with Crippen LogP contribution in [0.25, 0.3) is 0 Å². The molecule has 1 aromatic rings. The minimum atomic E-state index is 0.504. The third kappa shape index (κ3) is 3.12. The van der Waals surface area contributed by atoms with Crippen LogP contribution in [-0.2, 0) is 6.42 Å². The normalized spacial score (nSPS) is 27.5. The van der Waals surface area contributed by atoms with E-state index in [9.17, 15) is 0 Å². The molecule has 0 amide bonds.